The predicted octanol–water partition coefficient (Wildman–Crippen LogP) is 5.32. The first-order valence-corrected chi connectivity index (χ1v) is 12.9. The van der Waals surface area contributed by atoms with Crippen molar-refractivity contribution >= 4 is 40.6 Å². The highest BCUT2D eigenvalue weighted by atomic mass is 35.5. The number of aromatic nitrogens is 2. The average Bonchev–Trinajstić information content (AvgIpc) is 2.90. The van der Waals surface area contributed by atoms with Crippen LogP contribution >= 0.6 is 23.2 Å². The van der Waals surface area contributed by atoms with Crippen molar-refractivity contribution in [1.29, 1.82) is 0 Å². The Labute approximate surface area is 216 Å². The van der Waals surface area contributed by atoms with Crippen LogP contribution in [0.25, 0.3) is 11.3 Å². The van der Waals surface area contributed by atoms with E-state index < -0.39 is 0 Å². The van der Waals surface area contributed by atoms with Crippen LogP contribution < -0.4 is 9.80 Å². The van der Waals surface area contributed by atoms with E-state index in [1.54, 1.807) is 0 Å². The molecule has 2 aromatic carbocycles. The van der Waals surface area contributed by atoms with Crippen molar-refractivity contribution in [2.45, 2.75) is 19.8 Å². The van der Waals surface area contributed by atoms with Gasteiger partial charge < -0.3 is 14.7 Å². The van der Waals surface area contributed by atoms with E-state index >= 15 is 0 Å². The lowest BCUT2D eigenvalue weighted by Gasteiger charge is -2.39. The lowest BCUT2D eigenvalue weighted by atomic mass is 9.95. The van der Waals surface area contributed by atoms with Gasteiger partial charge in [0.25, 0.3) is 0 Å². The second-order valence-corrected chi connectivity index (χ2v) is 10.1. The van der Waals surface area contributed by atoms with Gasteiger partial charge in [0.1, 0.15) is 0 Å². The maximum Gasteiger partial charge on any atom is 0.225 e. The number of piperazine rings is 1. The summed E-state index contributed by atoms with van der Waals surface area (Å²) < 4.78 is 0. The van der Waals surface area contributed by atoms with E-state index in [4.69, 9.17) is 23.2 Å². The average molecular weight is 510 g/mol. The number of anilines is 2. The molecule has 35 heavy (non-hydrogen) atoms. The molecule has 0 N–H and O–H groups in total. The zero-order chi connectivity index (χ0) is 24.4. The molecule has 2 aliphatic heterocycles. The zero-order valence-electron chi connectivity index (χ0n) is 19.8. The van der Waals surface area contributed by atoms with Crippen molar-refractivity contribution in [2.75, 3.05) is 49.1 Å². The number of carbonyl (C=O) groups excluding carboxylic acids is 1. The summed E-state index contributed by atoms with van der Waals surface area (Å²) in [5.41, 5.74) is 4.23. The minimum absolute atomic E-state index is 0.0713. The Bertz CT molecular complexity index is 1190. The first-order valence-electron chi connectivity index (χ1n) is 12.1. The summed E-state index contributed by atoms with van der Waals surface area (Å²) in [5, 5.41) is 10.1. The van der Waals surface area contributed by atoms with Gasteiger partial charge >= 0.3 is 0 Å². The van der Waals surface area contributed by atoms with E-state index in [0.717, 1.165) is 74.9 Å². The fourth-order valence-electron chi connectivity index (χ4n) is 4.98. The van der Waals surface area contributed by atoms with Crippen LogP contribution in [0.3, 0.4) is 0 Å². The van der Waals surface area contributed by atoms with Crippen molar-refractivity contribution in [1.82, 2.24) is 15.1 Å². The number of hydrogen-bond acceptors (Lipinski definition) is 5. The molecular weight excluding hydrogens is 481 g/mol. The van der Waals surface area contributed by atoms with Crippen molar-refractivity contribution in [3.8, 4) is 11.3 Å². The molecule has 2 saturated heterocycles. The minimum atomic E-state index is 0.0713. The van der Waals surface area contributed by atoms with Crippen LogP contribution in [0.1, 0.15) is 18.4 Å². The maximum absolute atomic E-state index is 13.2. The molecule has 1 amide bonds. The van der Waals surface area contributed by atoms with Gasteiger partial charge in [0.2, 0.25) is 5.91 Å². The molecule has 2 fully saturated rings. The number of rotatable bonds is 4. The van der Waals surface area contributed by atoms with E-state index in [1.165, 1.54) is 5.56 Å². The molecule has 5 rings (SSSR count). The van der Waals surface area contributed by atoms with Crippen LogP contribution in [0.4, 0.5) is 11.5 Å². The number of aryl methyl sites for hydroxylation is 1. The molecule has 3 aromatic rings. The van der Waals surface area contributed by atoms with Crippen molar-refractivity contribution < 1.29 is 4.79 Å². The SMILES string of the molecule is Cc1ccccc1-c1ccc(N2CCC(C(=O)N3CCN(c4ccc(Cl)c(Cl)c4)CC3)CC2)nn1. The molecule has 0 aliphatic carbocycles. The highest BCUT2D eigenvalue weighted by Gasteiger charge is 2.31. The maximum atomic E-state index is 13.2. The molecule has 0 saturated carbocycles. The molecule has 2 aliphatic rings. The number of hydrogen-bond donors (Lipinski definition) is 0. The van der Waals surface area contributed by atoms with Gasteiger partial charge in [-0.1, -0.05) is 47.5 Å². The molecule has 182 valence electrons. The molecule has 8 heteroatoms. The highest BCUT2D eigenvalue weighted by Crippen LogP contribution is 2.29. The summed E-state index contributed by atoms with van der Waals surface area (Å²) >= 11 is 12.2. The topological polar surface area (TPSA) is 52.6 Å². The van der Waals surface area contributed by atoms with Gasteiger partial charge in [0.15, 0.2) is 5.82 Å². The third-order valence-electron chi connectivity index (χ3n) is 7.10. The monoisotopic (exact) mass is 509 g/mol. The number of halogens is 2. The Morgan fingerprint density at radius 3 is 2.23 bits per heavy atom. The molecule has 0 bridgehead atoms. The quantitative estimate of drug-likeness (QED) is 0.476. The van der Waals surface area contributed by atoms with Gasteiger partial charge in [-0.15, -0.1) is 10.2 Å². The predicted molar refractivity (Wildman–Crippen MR) is 142 cm³/mol. The standard InChI is InChI=1S/C27H29Cl2N5O/c1-19-4-2-3-5-22(19)25-8-9-26(31-30-25)33-12-10-20(11-13-33)27(35)34-16-14-32(15-17-34)21-6-7-23(28)24(29)18-21/h2-9,18,20H,10-17H2,1H3. The van der Waals surface area contributed by atoms with Gasteiger partial charge in [-0.05, 0) is 55.7 Å². The molecule has 0 unspecified atom stereocenters. The number of nitrogens with zero attached hydrogens (tertiary/aromatic N) is 5. The Balaban J connectivity index is 1.13. The lowest BCUT2D eigenvalue weighted by molar-refractivity contribution is -0.136. The number of piperidine rings is 1. The third-order valence-corrected chi connectivity index (χ3v) is 7.84. The van der Waals surface area contributed by atoms with E-state index in [1.807, 2.05) is 47.4 Å². The number of benzene rings is 2. The van der Waals surface area contributed by atoms with Gasteiger partial charge in [-0.25, -0.2) is 0 Å². The third kappa shape index (κ3) is 5.24. The van der Waals surface area contributed by atoms with Crippen molar-refractivity contribution in [3.05, 3.63) is 70.2 Å². The first kappa shape index (κ1) is 23.9. The zero-order valence-corrected chi connectivity index (χ0v) is 21.3. The number of amides is 1. The molecule has 3 heterocycles. The lowest BCUT2D eigenvalue weighted by Crippen LogP contribution is -2.51. The second-order valence-electron chi connectivity index (χ2n) is 9.26. The van der Waals surface area contributed by atoms with E-state index in [-0.39, 0.29) is 11.8 Å². The molecule has 0 radical (unpaired) electrons. The molecule has 0 spiro atoms. The fraction of sp³-hybridized carbons (Fsp3) is 0.370. The number of carbonyl (C=O) groups is 1. The van der Waals surface area contributed by atoms with Crippen LogP contribution in [0.2, 0.25) is 10.0 Å². The Hall–Kier alpha value is -2.83. The Morgan fingerprint density at radius 2 is 1.57 bits per heavy atom. The molecule has 0 atom stereocenters. The van der Waals surface area contributed by atoms with Crippen LogP contribution in [0.15, 0.2) is 54.6 Å². The molecule has 6 nitrogen and oxygen atoms in total. The summed E-state index contributed by atoms with van der Waals surface area (Å²) in [6.45, 7) is 6.77. The van der Waals surface area contributed by atoms with Crippen molar-refractivity contribution in [3.63, 3.8) is 0 Å². The normalized spacial score (nSPS) is 17.1. The summed E-state index contributed by atoms with van der Waals surface area (Å²) in [6.07, 6.45) is 1.68. The van der Waals surface area contributed by atoms with Gasteiger partial charge in [-0.2, -0.15) is 0 Å². The van der Waals surface area contributed by atoms with Gasteiger partial charge in [-0.3, -0.25) is 4.79 Å². The van der Waals surface area contributed by atoms with Crippen LogP contribution in [-0.2, 0) is 4.79 Å². The van der Waals surface area contributed by atoms with Crippen LogP contribution in [0.5, 0.6) is 0 Å². The molecular formula is C27H29Cl2N5O. The minimum Gasteiger partial charge on any atom is -0.368 e. The largest absolute Gasteiger partial charge is 0.368 e. The smallest absolute Gasteiger partial charge is 0.225 e. The van der Waals surface area contributed by atoms with Gasteiger partial charge in [0.05, 0.1) is 15.7 Å². The van der Waals surface area contributed by atoms with Crippen molar-refractivity contribution in [2.24, 2.45) is 5.92 Å². The van der Waals surface area contributed by atoms with Crippen LogP contribution in [0, 0.1) is 12.8 Å². The second kappa shape index (κ2) is 10.4. The first-order chi connectivity index (χ1) is 17.0. The summed E-state index contributed by atoms with van der Waals surface area (Å²) in [4.78, 5) is 19.7. The van der Waals surface area contributed by atoms with E-state index in [9.17, 15) is 4.79 Å². The van der Waals surface area contributed by atoms with E-state index in [2.05, 4.69) is 39.1 Å². The Kier molecular flexibility index (Phi) is 7.12. The summed E-state index contributed by atoms with van der Waals surface area (Å²) in [5.74, 6) is 1.23. The van der Waals surface area contributed by atoms with Crippen LogP contribution in [-0.4, -0.2) is 60.3 Å². The van der Waals surface area contributed by atoms with E-state index in [0.29, 0.717) is 10.0 Å². The fourth-order valence-corrected chi connectivity index (χ4v) is 5.27. The summed E-state index contributed by atoms with van der Waals surface area (Å²) in [7, 11) is 0. The highest BCUT2D eigenvalue weighted by molar-refractivity contribution is 6.42. The molecule has 1 aromatic heterocycles. The Morgan fingerprint density at radius 1 is 0.829 bits per heavy atom. The van der Waals surface area contributed by atoms with Gasteiger partial charge in [0, 0.05) is 56.4 Å². The summed E-state index contributed by atoms with van der Waals surface area (Å²) in [6, 6.07) is 18.0.